The van der Waals surface area contributed by atoms with Crippen LogP contribution < -0.4 is 0 Å². The molecule has 0 saturated heterocycles. The summed E-state index contributed by atoms with van der Waals surface area (Å²) in [7, 11) is 0. The summed E-state index contributed by atoms with van der Waals surface area (Å²) in [5.74, 6) is 0.806. The first-order valence-electron chi connectivity index (χ1n) is 5.86. The Morgan fingerprint density at radius 1 is 1.12 bits per heavy atom. The third kappa shape index (κ3) is 2.64. The second-order valence-corrected chi connectivity index (χ2v) is 4.16. The van der Waals surface area contributed by atoms with Gasteiger partial charge in [-0.3, -0.25) is 4.79 Å². The maximum atomic E-state index is 12.0. The summed E-state index contributed by atoms with van der Waals surface area (Å²) in [6.45, 7) is 3.93. The van der Waals surface area contributed by atoms with Crippen LogP contribution in [0.1, 0.15) is 34.2 Å². The van der Waals surface area contributed by atoms with Gasteiger partial charge in [0.25, 0.3) is 0 Å². The van der Waals surface area contributed by atoms with Crippen LogP contribution in [0.3, 0.4) is 0 Å². The summed E-state index contributed by atoms with van der Waals surface area (Å²) in [5.41, 5.74) is 3.03. The Bertz CT molecular complexity index is 506. The average molecular weight is 228 g/mol. The zero-order valence-electron chi connectivity index (χ0n) is 10.2. The molecule has 0 aliphatic carbocycles. The van der Waals surface area contributed by atoms with E-state index < -0.39 is 0 Å². The second-order valence-electron chi connectivity index (χ2n) is 4.16. The standard InChI is InChI=1S/C15H16O2/c1-3-12-4-6-13(7-5-12)10-15(16)14-8-9-17-11(14)2/h4-9H,3,10H2,1-2H3. The third-order valence-electron chi connectivity index (χ3n) is 2.96. The van der Waals surface area contributed by atoms with Crippen LogP contribution in [0.4, 0.5) is 0 Å². The molecule has 0 N–H and O–H groups in total. The molecule has 0 radical (unpaired) electrons. The quantitative estimate of drug-likeness (QED) is 0.749. The molecule has 0 amide bonds. The second kappa shape index (κ2) is 5.00. The minimum Gasteiger partial charge on any atom is -0.469 e. The van der Waals surface area contributed by atoms with Gasteiger partial charge in [-0.05, 0) is 30.5 Å². The minimum atomic E-state index is 0.112. The molecule has 0 aliphatic rings. The topological polar surface area (TPSA) is 30.2 Å². The first-order valence-corrected chi connectivity index (χ1v) is 5.86. The van der Waals surface area contributed by atoms with Crippen LogP contribution in [0.15, 0.2) is 41.0 Å². The molecule has 1 heterocycles. The molecule has 2 aromatic rings. The fourth-order valence-corrected chi connectivity index (χ4v) is 1.85. The van der Waals surface area contributed by atoms with E-state index >= 15 is 0 Å². The Labute approximate surface area is 101 Å². The first-order chi connectivity index (χ1) is 8.20. The number of carbonyl (C=O) groups is 1. The molecule has 17 heavy (non-hydrogen) atoms. The van der Waals surface area contributed by atoms with Crippen molar-refractivity contribution >= 4 is 5.78 Å². The maximum Gasteiger partial charge on any atom is 0.170 e. The molecule has 1 aromatic carbocycles. The predicted octanol–water partition coefficient (Wildman–Crippen LogP) is 3.58. The van der Waals surface area contributed by atoms with Crippen molar-refractivity contribution in [3.8, 4) is 0 Å². The summed E-state index contributed by atoms with van der Waals surface area (Å²) in [4.78, 5) is 12.0. The van der Waals surface area contributed by atoms with E-state index in [0.29, 0.717) is 17.7 Å². The Balaban J connectivity index is 2.10. The summed E-state index contributed by atoms with van der Waals surface area (Å²) < 4.78 is 5.14. The van der Waals surface area contributed by atoms with Gasteiger partial charge in [0.1, 0.15) is 5.76 Å². The number of Topliss-reactive ketones (excluding diaryl/α,β-unsaturated/α-hetero) is 1. The lowest BCUT2D eigenvalue weighted by atomic mass is 10.0. The average Bonchev–Trinajstić information content (AvgIpc) is 2.76. The number of rotatable bonds is 4. The van der Waals surface area contributed by atoms with Gasteiger partial charge in [-0.1, -0.05) is 31.2 Å². The van der Waals surface area contributed by atoms with E-state index in [-0.39, 0.29) is 5.78 Å². The van der Waals surface area contributed by atoms with Gasteiger partial charge in [0, 0.05) is 6.42 Å². The number of aryl methyl sites for hydroxylation is 2. The highest BCUT2D eigenvalue weighted by molar-refractivity contribution is 5.98. The number of hydrogen-bond donors (Lipinski definition) is 0. The van der Waals surface area contributed by atoms with Crippen LogP contribution >= 0.6 is 0 Å². The van der Waals surface area contributed by atoms with Crippen LogP contribution in [-0.2, 0) is 12.8 Å². The van der Waals surface area contributed by atoms with Gasteiger partial charge in [0.15, 0.2) is 5.78 Å². The SMILES string of the molecule is CCc1ccc(CC(=O)c2ccoc2C)cc1. The van der Waals surface area contributed by atoms with E-state index in [9.17, 15) is 4.79 Å². The largest absolute Gasteiger partial charge is 0.469 e. The molecule has 0 saturated carbocycles. The van der Waals surface area contributed by atoms with E-state index in [1.54, 1.807) is 12.3 Å². The van der Waals surface area contributed by atoms with Crippen molar-refractivity contribution in [3.05, 3.63) is 59.0 Å². The van der Waals surface area contributed by atoms with Gasteiger partial charge in [0.05, 0.1) is 11.8 Å². The highest BCUT2D eigenvalue weighted by Crippen LogP contribution is 2.13. The number of furan rings is 1. The monoisotopic (exact) mass is 228 g/mol. The van der Waals surface area contributed by atoms with E-state index in [1.807, 2.05) is 19.1 Å². The number of ketones is 1. The molecule has 0 fully saturated rings. The van der Waals surface area contributed by atoms with Gasteiger partial charge >= 0.3 is 0 Å². The van der Waals surface area contributed by atoms with Crippen molar-refractivity contribution in [2.24, 2.45) is 0 Å². The Morgan fingerprint density at radius 3 is 2.29 bits per heavy atom. The van der Waals surface area contributed by atoms with E-state index in [0.717, 1.165) is 12.0 Å². The first kappa shape index (κ1) is 11.6. The molecule has 2 heteroatoms. The number of benzene rings is 1. The highest BCUT2D eigenvalue weighted by Gasteiger charge is 2.11. The van der Waals surface area contributed by atoms with Crippen molar-refractivity contribution < 1.29 is 9.21 Å². The van der Waals surface area contributed by atoms with Gasteiger partial charge in [0.2, 0.25) is 0 Å². The van der Waals surface area contributed by atoms with Gasteiger partial charge in [-0.25, -0.2) is 0 Å². The smallest absolute Gasteiger partial charge is 0.170 e. The van der Waals surface area contributed by atoms with Crippen molar-refractivity contribution in [1.82, 2.24) is 0 Å². The Hall–Kier alpha value is -1.83. The summed E-state index contributed by atoms with van der Waals surface area (Å²) in [5, 5.41) is 0. The minimum absolute atomic E-state index is 0.112. The lowest BCUT2D eigenvalue weighted by Crippen LogP contribution is -2.03. The molecular formula is C15H16O2. The lowest BCUT2D eigenvalue weighted by Gasteiger charge is -2.02. The van der Waals surface area contributed by atoms with Crippen molar-refractivity contribution in [2.45, 2.75) is 26.7 Å². The number of carbonyl (C=O) groups excluding carboxylic acids is 1. The summed E-state index contributed by atoms with van der Waals surface area (Å²) in [6, 6.07) is 9.92. The fourth-order valence-electron chi connectivity index (χ4n) is 1.85. The number of hydrogen-bond acceptors (Lipinski definition) is 2. The van der Waals surface area contributed by atoms with E-state index in [2.05, 4.69) is 19.1 Å². The summed E-state index contributed by atoms with van der Waals surface area (Å²) >= 11 is 0. The molecule has 1 aromatic heterocycles. The fraction of sp³-hybridized carbons (Fsp3) is 0.267. The van der Waals surface area contributed by atoms with Gasteiger partial charge < -0.3 is 4.42 Å². The van der Waals surface area contributed by atoms with Crippen LogP contribution in [0.5, 0.6) is 0 Å². The molecule has 0 atom stereocenters. The van der Waals surface area contributed by atoms with Crippen molar-refractivity contribution in [2.75, 3.05) is 0 Å². The van der Waals surface area contributed by atoms with Gasteiger partial charge in [-0.2, -0.15) is 0 Å². The van der Waals surface area contributed by atoms with Crippen molar-refractivity contribution in [3.63, 3.8) is 0 Å². The van der Waals surface area contributed by atoms with Crippen LogP contribution in [0.2, 0.25) is 0 Å². The molecule has 0 bridgehead atoms. The zero-order chi connectivity index (χ0) is 12.3. The van der Waals surface area contributed by atoms with E-state index in [1.165, 1.54) is 5.56 Å². The predicted molar refractivity (Wildman–Crippen MR) is 67.3 cm³/mol. The molecule has 2 nitrogen and oxygen atoms in total. The molecule has 0 aliphatic heterocycles. The van der Waals surface area contributed by atoms with Gasteiger partial charge in [-0.15, -0.1) is 0 Å². The van der Waals surface area contributed by atoms with Crippen molar-refractivity contribution in [1.29, 1.82) is 0 Å². The maximum absolute atomic E-state index is 12.0. The Kier molecular flexibility index (Phi) is 3.43. The molecular weight excluding hydrogens is 212 g/mol. The third-order valence-corrected chi connectivity index (χ3v) is 2.96. The normalized spacial score (nSPS) is 10.5. The van der Waals surface area contributed by atoms with Crippen LogP contribution in [0, 0.1) is 6.92 Å². The molecule has 2 rings (SSSR count). The van der Waals surface area contributed by atoms with Crippen LogP contribution in [0.25, 0.3) is 0 Å². The lowest BCUT2D eigenvalue weighted by molar-refractivity contribution is 0.0991. The van der Waals surface area contributed by atoms with E-state index in [4.69, 9.17) is 4.42 Å². The zero-order valence-corrected chi connectivity index (χ0v) is 10.2. The highest BCUT2D eigenvalue weighted by atomic mass is 16.3. The van der Waals surface area contributed by atoms with Crippen LogP contribution in [-0.4, -0.2) is 5.78 Å². The summed E-state index contributed by atoms with van der Waals surface area (Å²) in [6.07, 6.45) is 3.02. The Morgan fingerprint density at radius 2 is 1.76 bits per heavy atom. The molecule has 0 unspecified atom stereocenters. The molecule has 0 spiro atoms. The molecule has 88 valence electrons.